The van der Waals surface area contributed by atoms with Gasteiger partial charge in [0.2, 0.25) is 5.89 Å². The van der Waals surface area contributed by atoms with Crippen LogP contribution in [0.5, 0.6) is 0 Å². The van der Waals surface area contributed by atoms with Crippen molar-refractivity contribution in [1.29, 1.82) is 0 Å². The Kier molecular flexibility index (Phi) is 4.12. The molecule has 1 aromatic heterocycles. The number of esters is 1. The number of oxazole rings is 1. The molecule has 122 valence electrons. The molecule has 1 saturated carbocycles. The molecule has 0 spiro atoms. The molecule has 1 aliphatic carbocycles. The molecule has 0 aliphatic heterocycles. The average molecular weight is 322 g/mol. The van der Waals surface area contributed by atoms with Crippen LogP contribution in [0.15, 0.2) is 28.9 Å². The van der Waals surface area contributed by atoms with Crippen LogP contribution in [0.4, 0.5) is 8.78 Å². The third-order valence-electron chi connectivity index (χ3n) is 4.11. The summed E-state index contributed by atoms with van der Waals surface area (Å²) in [6.07, 6.45) is 3.81. The minimum atomic E-state index is -0.959. The van der Waals surface area contributed by atoms with Gasteiger partial charge in [-0.25, -0.2) is 13.8 Å². The number of methoxy groups -OCH3 is 1. The molecule has 0 radical (unpaired) electrons. The summed E-state index contributed by atoms with van der Waals surface area (Å²) in [5, 5.41) is 3.15. The maximum absolute atomic E-state index is 13.2. The van der Waals surface area contributed by atoms with Gasteiger partial charge in [-0.1, -0.05) is 0 Å². The molecule has 23 heavy (non-hydrogen) atoms. The second-order valence-electron chi connectivity index (χ2n) is 5.55. The first-order valence-corrected chi connectivity index (χ1v) is 7.27. The third kappa shape index (κ3) is 2.96. The van der Waals surface area contributed by atoms with E-state index < -0.39 is 17.2 Å². The van der Waals surface area contributed by atoms with E-state index in [0.717, 1.165) is 18.6 Å². The first-order valence-electron chi connectivity index (χ1n) is 7.27. The zero-order valence-corrected chi connectivity index (χ0v) is 12.6. The number of halogens is 2. The molecule has 1 aromatic carbocycles. The summed E-state index contributed by atoms with van der Waals surface area (Å²) in [5.74, 6) is -1.97. The first kappa shape index (κ1) is 15.6. The van der Waals surface area contributed by atoms with Crippen LogP contribution in [0.2, 0.25) is 0 Å². The predicted molar refractivity (Wildman–Crippen MR) is 77.3 cm³/mol. The van der Waals surface area contributed by atoms with Gasteiger partial charge < -0.3 is 9.15 Å². The highest BCUT2D eigenvalue weighted by Gasteiger charge is 2.44. The number of aromatic nitrogens is 1. The molecule has 5 nitrogen and oxygen atoms in total. The Morgan fingerprint density at radius 2 is 2.17 bits per heavy atom. The predicted octanol–water partition coefficient (Wildman–Crippen LogP) is 2.81. The van der Waals surface area contributed by atoms with Gasteiger partial charge in [0.05, 0.1) is 12.8 Å². The lowest BCUT2D eigenvalue weighted by Gasteiger charge is -2.39. The smallest absolute Gasteiger partial charge is 0.326 e. The summed E-state index contributed by atoms with van der Waals surface area (Å²) < 4.78 is 36.3. The van der Waals surface area contributed by atoms with Crippen molar-refractivity contribution in [2.75, 3.05) is 7.11 Å². The Morgan fingerprint density at radius 1 is 1.39 bits per heavy atom. The Balaban J connectivity index is 1.70. The normalized spacial score (nSPS) is 16.0. The Morgan fingerprint density at radius 3 is 2.78 bits per heavy atom. The topological polar surface area (TPSA) is 64.4 Å². The van der Waals surface area contributed by atoms with Crippen molar-refractivity contribution in [3.05, 3.63) is 41.8 Å². The Labute approximate surface area is 131 Å². The van der Waals surface area contributed by atoms with E-state index in [-0.39, 0.29) is 11.9 Å². The number of hydrogen-bond acceptors (Lipinski definition) is 5. The van der Waals surface area contributed by atoms with Crippen molar-refractivity contribution in [3.63, 3.8) is 0 Å². The van der Waals surface area contributed by atoms with Gasteiger partial charge in [-0.3, -0.25) is 10.1 Å². The largest absolute Gasteiger partial charge is 0.468 e. The highest BCUT2D eigenvalue weighted by Crippen LogP contribution is 2.33. The second kappa shape index (κ2) is 6.08. The number of benzene rings is 1. The Bertz CT molecular complexity index is 726. The van der Waals surface area contributed by atoms with E-state index in [9.17, 15) is 13.6 Å². The number of ether oxygens (including phenoxy) is 1. The molecule has 2 aromatic rings. The fourth-order valence-corrected chi connectivity index (χ4v) is 2.59. The molecule has 0 saturated heterocycles. The van der Waals surface area contributed by atoms with E-state index in [1.54, 1.807) is 0 Å². The molecule has 0 unspecified atom stereocenters. The minimum Gasteiger partial charge on any atom is -0.468 e. The Hall–Kier alpha value is -2.28. The van der Waals surface area contributed by atoms with Gasteiger partial charge in [0.1, 0.15) is 11.8 Å². The lowest BCUT2D eigenvalue weighted by Crippen LogP contribution is -2.57. The summed E-state index contributed by atoms with van der Waals surface area (Å²) in [5.41, 5.74) is 0.261. The van der Waals surface area contributed by atoms with E-state index in [4.69, 9.17) is 9.15 Å². The van der Waals surface area contributed by atoms with Crippen LogP contribution in [-0.4, -0.2) is 23.6 Å². The monoisotopic (exact) mass is 322 g/mol. The maximum atomic E-state index is 13.2. The van der Waals surface area contributed by atoms with Crippen LogP contribution in [0, 0.1) is 11.6 Å². The molecule has 1 N–H and O–H groups in total. The summed E-state index contributed by atoms with van der Waals surface area (Å²) >= 11 is 0. The van der Waals surface area contributed by atoms with Crippen LogP contribution in [0.3, 0.4) is 0 Å². The lowest BCUT2D eigenvalue weighted by molar-refractivity contribution is -0.152. The standard InChI is InChI=1S/C16H16F2N2O3/c1-22-15(21)16(5-2-6-16)19-8-11-9-23-14(20-11)10-3-4-12(17)13(18)7-10/h3-4,7,9,19H,2,5-6,8H2,1H3. The summed E-state index contributed by atoms with van der Waals surface area (Å²) in [6, 6.07) is 3.44. The van der Waals surface area contributed by atoms with Gasteiger partial charge in [0.15, 0.2) is 11.6 Å². The van der Waals surface area contributed by atoms with Crippen molar-refractivity contribution in [1.82, 2.24) is 10.3 Å². The van der Waals surface area contributed by atoms with Crippen molar-refractivity contribution >= 4 is 5.97 Å². The van der Waals surface area contributed by atoms with Crippen LogP contribution < -0.4 is 5.32 Å². The van der Waals surface area contributed by atoms with Crippen molar-refractivity contribution < 1.29 is 22.7 Å². The molecule has 3 rings (SSSR count). The van der Waals surface area contributed by atoms with E-state index >= 15 is 0 Å². The first-order chi connectivity index (χ1) is 11.0. The zero-order chi connectivity index (χ0) is 16.4. The van der Waals surface area contributed by atoms with Crippen LogP contribution >= 0.6 is 0 Å². The molecule has 0 amide bonds. The van der Waals surface area contributed by atoms with Crippen LogP contribution in [-0.2, 0) is 16.1 Å². The quantitative estimate of drug-likeness (QED) is 0.858. The highest BCUT2D eigenvalue weighted by atomic mass is 19.2. The van der Waals surface area contributed by atoms with E-state index in [2.05, 4.69) is 10.3 Å². The van der Waals surface area contributed by atoms with E-state index in [0.29, 0.717) is 30.6 Å². The van der Waals surface area contributed by atoms with Crippen LogP contribution in [0.25, 0.3) is 11.5 Å². The minimum absolute atomic E-state index is 0.196. The molecule has 7 heteroatoms. The molecular weight excluding hydrogens is 306 g/mol. The molecule has 1 fully saturated rings. The van der Waals surface area contributed by atoms with Gasteiger partial charge >= 0.3 is 5.97 Å². The molecule has 1 heterocycles. The number of nitrogens with zero attached hydrogens (tertiary/aromatic N) is 1. The van der Waals surface area contributed by atoms with Crippen molar-refractivity contribution in [3.8, 4) is 11.5 Å². The molecule has 0 atom stereocenters. The fourth-order valence-electron chi connectivity index (χ4n) is 2.59. The zero-order valence-electron chi connectivity index (χ0n) is 12.6. The van der Waals surface area contributed by atoms with Gasteiger partial charge in [0.25, 0.3) is 0 Å². The average Bonchev–Trinajstić information content (AvgIpc) is 2.97. The maximum Gasteiger partial charge on any atom is 0.326 e. The van der Waals surface area contributed by atoms with Gasteiger partial charge in [-0.05, 0) is 37.5 Å². The number of nitrogens with one attached hydrogen (secondary N) is 1. The molecule has 0 bridgehead atoms. The fraction of sp³-hybridized carbons (Fsp3) is 0.375. The summed E-state index contributed by atoms with van der Waals surface area (Å²) in [7, 11) is 1.36. The number of rotatable bonds is 5. The lowest BCUT2D eigenvalue weighted by atomic mass is 9.76. The van der Waals surface area contributed by atoms with Crippen LogP contribution in [0.1, 0.15) is 25.0 Å². The number of hydrogen-bond donors (Lipinski definition) is 1. The highest BCUT2D eigenvalue weighted by molar-refractivity contribution is 5.81. The van der Waals surface area contributed by atoms with E-state index in [1.807, 2.05) is 0 Å². The molecular formula is C16H16F2N2O3. The second-order valence-corrected chi connectivity index (χ2v) is 5.55. The summed E-state index contributed by atoms with van der Waals surface area (Å²) in [4.78, 5) is 16.1. The number of carbonyl (C=O) groups excluding carboxylic acids is 1. The van der Waals surface area contributed by atoms with Gasteiger partial charge in [-0.2, -0.15) is 0 Å². The third-order valence-corrected chi connectivity index (χ3v) is 4.11. The van der Waals surface area contributed by atoms with Crippen molar-refractivity contribution in [2.24, 2.45) is 0 Å². The SMILES string of the molecule is COC(=O)C1(NCc2coc(-c3ccc(F)c(F)c3)n2)CCC1. The molecule has 1 aliphatic rings. The number of carbonyl (C=O) groups is 1. The van der Waals surface area contributed by atoms with Gasteiger partial charge in [0, 0.05) is 12.1 Å². The van der Waals surface area contributed by atoms with Crippen molar-refractivity contribution in [2.45, 2.75) is 31.3 Å². The van der Waals surface area contributed by atoms with Gasteiger partial charge in [-0.15, -0.1) is 0 Å². The summed E-state index contributed by atoms with van der Waals surface area (Å²) in [6.45, 7) is 0.322. The van der Waals surface area contributed by atoms with E-state index in [1.165, 1.54) is 19.4 Å².